The van der Waals surface area contributed by atoms with E-state index in [1.54, 1.807) is 41.4 Å². The van der Waals surface area contributed by atoms with E-state index in [1.807, 2.05) is 12.1 Å². The largest absolute Gasteiger partial charge is 0.487 e. The Labute approximate surface area is 181 Å². The highest BCUT2D eigenvalue weighted by atomic mass is 35.5. The van der Waals surface area contributed by atoms with Crippen LogP contribution in [0.5, 0.6) is 5.75 Å². The summed E-state index contributed by atoms with van der Waals surface area (Å²) in [5, 5.41) is 0.575. The lowest BCUT2D eigenvalue weighted by atomic mass is 10.0. The second-order valence-electron chi connectivity index (χ2n) is 7.59. The molecule has 3 aromatic heterocycles. The quantitative estimate of drug-likeness (QED) is 0.559. The lowest BCUT2D eigenvalue weighted by molar-refractivity contribution is 0.300. The fourth-order valence-electron chi connectivity index (χ4n) is 3.81. The fraction of sp³-hybridized carbons (Fsp3) is 0.348. The number of nitrogens with zero attached hydrogens (tertiary/aromatic N) is 4. The van der Waals surface area contributed by atoms with Gasteiger partial charge in [0.05, 0.1) is 22.6 Å². The molecule has 1 aliphatic rings. The molecule has 0 amide bonds. The van der Waals surface area contributed by atoms with E-state index in [-0.39, 0.29) is 12.2 Å². The molecule has 4 heterocycles. The Morgan fingerprint density at radius 3 is 2.77 bits per heavy atom. The molecule has 0 radical (unpaired) electrons. The molecule has 4 rings (SSSR count). The lowest BCUT2D eigenvalue weighted by Gasteiger charge is -2.18. The summed E-state index contributed by atoms with van der Waals surface area (Å²) in [5.41, 5.74) is 1.31. The van der Waals surface area contributed by atoms with Gasteiger partial charge in [-0.05, 0) is 49.1 Å². The van der Waals surface area contributed by atoms with Gasteiger partial charge in [-0.15, -0.1) is 0 Å². The van der Waals surface area contributed by atoms with Crippen LogP contribution >= 0.6 is 11.6 Å². The van der Waals surface area contributed by atoms with Gasteiger partial charge in [0.15, 0.2) is 0 Å². The van der Waals surface area contributed by atoms with E-state index in [0.717, 1.165) is 36.2 Å². The predicted octanol–water partition coefficient (Wildman–Crippen LogP) is 4.49. The lowest BCUT2D eigenvalue weighted by Crippen LogP contribution is -2.21. The van der Waals surface area contributed by atoms with Gasteiger partial charge in [-0.25, -0.2) is 4.98 Å². The molecule has 1 aliphatic heterocycles. The van der Waals surface area contributed by atoms with E-state index in [9.17, 15) is 4.79 Å². The van der Waals surface area contributed by atoms with Crippen LogP contribution < -0.4 is 15.2 Å². The van der Waals surface area contributed by atoms with E-state index in [4.69, 9.17) is 16.3 Å². The molecule has 0 spiro atoms. The molecule has 0 saturated carbocycles. The Morgan fingerprint density at radius 1 is 1.17 bits per heavy atom. The van der Waals surface area contributed by atoms with Crippen molar-refractivity contribution in [3.05, 3.63) is 76.1 Å². The zero-order chi connectivity index (χ0) is 20.9. The van der Waals surface area contributed by atoms with Gasteiger partial charge in [-0.3, -0.25) is 14.3 Å². The summed E-state index contributed by atoms with van der Waals surface area (Å²) in [6.07, 6.45) is 8.75. The van der Waals surface area contributed by atoms with Gasteiger partial charge in [0.1, 0.15) is 18.2 Å². The molecule has 1 saturated heterocycles. The van der Waals surface area contributed by atoms with E-state index < -0.39 is 0 Å². The Balaban J connectivity index is 1.41. The number of anilines is 1. The summed E-state index contributed by atoms with van der Waals surface area (Å²) < 4.78 is 7.24. The van der Waals surface area contributed by atoms with Gasteiger partial charge in [-0.1, -0.05) is 24.9 Å². The Kier molecular flexibility index (Phi) is 6.33. The summed E-state index contributed by atoms with van der Waals surface area (Å²) in [7, 11) is 0. The van der Waals surface area contributed by atoms with E-state index in [1.165, 1.54) is 25.3 Å². The second kappa shape index (κ2) is 9.30. The van der Waals surface area contributed by atoms with Crippen LogP contribution in [0.2, 0.25) is 5.02 Å². The smallest absolute Gasteiger partial charge is 0.258 e. The van der Waals surface area contributed by atoms with Crippen LogP contribution in [-0.2, 0) is 6.61 Å². The average Bonchev–Trinajstić information content (AvgIpc) is 3.23. The van der Waals surface area contributed by atoms with Gasteiger partial charge in [0, 0.05) is 31.5 Å². The highest BCUT2D eigenvalue weighted by Gasteiger charge is 2.22. The Hall–Kier alpha value is -2.86. The van der Waals surface area contributed by atoms with Crippen LogP contribution in [0.25, 0.3) is 5.69 Å². The number of halogens is 1. The third kappa shape index (κ3) is 4.82. The first-order chi connectivity index (χ1) is 14.6. The molecule has 156 valence electrons. The number of ether oxygens (including phenoxy) is 1. The molecule has 0 aliphatic carbocycles. The Morgan fingerprint density at radius 2 is 2.07 bits per heavy atom. The highest BCUT2D eigenvalue weighted by molar-refractivity contribution is 6.30. The minimum atomic E-state index is -0.171. The standard InChI is InChI=1S/C23H25ClN4O2/c1-2-3-17-8-10-27(15-17)22-7-6-20(14-26-22)28-11-9-21(12-23(28)29)30-16-19-5-4-18(24)13-25-19/h4-7,9,11-14,17H,2-3,8,10,15-16H2,1H3/t17-/m1/s1. The first-order valence-electron chi connectivity index (χ1n) is 10.3. The average molecular weight is 425 g/mol. The summed E-state index contributed by atoms with van der Waals surface area (Å²) >= 11 is 5.84. The van der Waals surface area contributed by atoms with Crippen molar-refractivity contribution in [2.75, 3.05) is 18.0 Å². The first-order valence-corrected chi connectivity index (χ1v) is 10.7. The zero-order valence-corrected chi connectivity index (χ0v) is 17.8. The molecule has 1 atom stereocenters. The third-order valence-corrected chi connectivity index (χ3v) is 5.61. The Bertz CT molecular complexity index is 1030. The minimum Gasteiger partial charge on any atom is -0.487 e. The van der Waals surface area contributed by atoms with E-state index >= 15 is 0 Å². The SMILES string of the molecule is CCC[C@@H]1CCN(c2ccc(-n3ccc(OCc4ccc(Cl)cn4)cc3=O)cn2)C1. The van der Waals surface area contributed by atoms with Crippen LogP contribution in [0.1, 0.15) is 31.9 Å². The summed E-state index contributed by atoms with van der Waals surface area (Å²) in [6, 6.07) is 10.7. The molecule has 6 nitrogen and oxygen atoms in total. The molecule has 7 heteroatoms. The zero-order valence-electron chi connectivity index (χ0n) is 17.0. The maximum absolute atomic E-state index is 12.6. The molecular weight excluding hydrogens is 400 g/mol. The monoisotopic (exact) mass is 424 g/mol. The normalized spacial score (nSPS) is 16.1. The number of pyridine rings is 3. The van der Waals surface area contributed by atoms with Gasteiger partial charge in [0.2, 0.25) is 0 Å². The van der Waals surface area contributed by atoms with Crippen molar-refractivity contribution in [3.63, 3.8) is 0 Å². The van der Waals surface area contributed by atoms with Crippen molar-refractivity contribution in [2.24, 2.45) is 5.92 Å². The summed E-state index contributed by atoms with van der Waals surface area (Å²) in [6.45, 7) is 4.62. The molecule has 0 bridgehead atoms. The van der Waals surface area contributed by atoms with Gasteiger partial charge in [0.25, 0.3) is 5.56 Å². The van der Waals surface area contributed by atoms with Gasteiger partial charge >= 0.3 is 0 Å². The maximum Gasteiger partial charge on any atom is 0.258 e. The third-order valence-electron chi connectivity index (χ3n) is 5.38. The number of aromatic nitrogens is 3. The first kappa shape index (κ1) is 20.4. The molecule has 30 heavy (non-hydrogen) atoms. The minimum absolute atomic E-state index is 0.171. The summed E-state index contributed by atoms with van der Waals surface area (Å²) in [4.78, 5) is 23.7. The molecule has 0 aromatic carbocycles. The van der Waals surface area contributed by atoms with Crippen molar-refractivity contribution in [1.82, 2.24) is 14.5 Å². The number of hydrogen-bond donors (Lipinski definition) is 0. The fourth-order valence-corrected chi connectivity index (χ4v) is 3.92. The highest BCUT2D eigenvalue weighted by Crippen LogP contribution is 2.25. The van der Waals surface area contributed by atoms with Gasteiger partial charge < -0.3 is 9.64 Å². The maximum atomic E-state index is 12.6. The van der Waals surface area contributed by atoms with Crippen LogP contribution in [-0.4, -0.2) is 27.6 Å². The summed E-state index contributed by atoms with van der Waals surface area (Å²) in [5.74, 6) is 2.23. The van der Waals surface area contributed by atoms with E-state index in [2.05, 4.69) is 21.8 Å². The van der Waals surface area contributed by atoms with Crippen LogP contribution in [0, 0.1) is 5.92 Å². The predicted molar refractivity (Wildman–Crippen MR) is 119 cm³/mol. The van der Waals surface area contributed by atoms with Gasteiger partial charge in [-0.2, -0.15) is 0 Å². The topological polar surface area (TPSA) is 60.2 Å². The molecule has 1 fully saturated rings. The van der Waals surface area contributed by atoms with Crippen molar-refractivity contribution in [3.8, 4) is 11.4 Å². The number of hydrogen-bond acceptors (Lipinski definition) is 5. The van der Waals surface area contributed by atoms with Crippen LogP contribution in [0.4, 0.5) is 5.82 Å². The van der Waals surface area contributed by atoms with Crippen molar-refractivity contribution in [1.29, 1.82) is 0 Å². The number of rotatable bonds is 7. The molecule has 3 aromatic rings. The van der Waals surface area contributed by atoms with Crippen molar-refractivity contribution >= 4 is 17.4 Å². The molecular formula is C23H25ClN4O2. The second-order valence-corrected chi connectivity index (χ2v) is 8.03. The van der Waals surface area contributed by atoms with E-state index in [0.29, 0.717) is 10.8 Å². The van der Waals surface area contributed by atoms with Crippen LogP contribution in [0.3, 0.4) is 0 Å². The van der Waals surface area contributed by atoms with Crippen molar-refractivity contribution in [2.45, 2.75) is 32.8 Å². The van der Waals surface area contributed by atoms with Crippen molar-refractivity contribution < 1.29 is 4.74 Å². The van der Waals surface area contributed by atoms with Crippen LogP contribution in [0.15, 0.2) is 59.8 Å². The molecule has 0 unspecified atom stereocenters. The molecule has 0 N–H and O–H groups in total.